The average Bonchev–Trinajstić information content (AvgIpc) is 2.46. The monoisotopic (exact) mass is 264 g/mol. The first-order chi connectivity index (χ1) is 10.0. The summed E-state index contributed by atoms with van der Waals surface area (Å²) in [4.78, 5) is 10.8. The van der Waals surface area contributed by atoms with Gasteiger partial charge < -0.3 is 14.2 Å². The number of rotatable bonds is 6. The molecule has 4 heteroatoms. The number of hydrogen-bond acceptors (Lipinski definition) is 4. The van der Waals surface area contributed by atoms with E-state index in [4.69, 9.17) is 7.48 Å². The number of unbranched alkanes of at least 4 members (excludes halogenated alkanes) is 1. The Morgan fingerprint density at radius 3 is 2.84 bits per heavy atom. The summed E-state index contributed by atoms with van der Waals surface area (Å²) in [5.74, 6) is 4.85. The lowest BCUT2D eigenvalue weighted by atomic mass is 10.2. The maximum Gasteiger partial charge on any atom is 0.508 e. The van der Waals surface area contributed by atoms with E-state index in [1.165, 1.54) is 0 Å². The number of ether oxygens (including phenoxy) is 3. The SMILES string of the molecule is [2H]C([2H])(C#CCCCOCc1ccccc1)OC(=O)OC. The van der Waals surface area contributed by atoms with Crippen molar-refractivity contribution in [2.24, 2.45) is 0 Å². The van der Waals surface area contributed by atoms with Crippen LogP contribution in [0.1, 0.15) is 21.1 Å². The molecule has 0 unspecified atom stereocenters. The summed E-state index contributed by atoms with van der Waals surface area (Å²) in [6.07, 6.45) is 0.0352. The smallest absolute Gasteiger partial charge is 0.438 e. The Bertz CT molecular complexity index is 491. The maximum absolute atomic E-state index is 10.8. The van der Waals surface area contributed by atoms with Crippen LogP contribution in [0.4, 0.5) is 4.79 Å². The van der Waals surface area contributed by atoms with E-state index in [-0.39, 0.29) is 0 Å². The Morgan fingerprint density at radius 2 is 2.11 bits per heavy atom. The van der Waals surface area contributed by atoms with Crippen LogP contribution in [-0.2, 0) is 20.8 Å². The van der Waals surface area contributed by atoms with Crippen molar-refractivity contribution < 1.29 is 21.7 Å². The van der Waals surface area contributed by atoms with Gasteiger partial charge in [0.15, 0.2) is 6.56 Å². The molecule has 0 fully saturated rings. The van der Waals surface area contributed by atoms with E-state index < -0.39 is 12.7 Å². The topological polar surface area (TPSA) is 44.8 Å². The van der Waals surface area contributed by atoms with Gasteiger partial charge in [-0.25, -0.2) is 4.79 Å². The van der Waals surface area contributed by atoms with Crippen LogP contribution in [0, 0.1) is 11.8 Å². The minimum Gasteiger partial charge on any atom is -0.438 e. The van der Waals surface area contributed by atoms with E-state index in [9.17, 15) is 4.79 Å². The molecule has 0 spiro atoms. The van der Waals surface area contributed by atoms with Gasteiger partial charge in [-0.15, -0.1) is 0 Å². The highest BCUT2D eigenvalue weighted by atomic mass is 16.7. The third-order valence-electron chi connectivity index (χ3n) is 2.14. The number of carbonyl (C=O) groups excluding carboxylic acids is 1. The standard InChI is InChI=1S/C15H18O4/c1-17-15(16)19-12-8-3-2-7-11-18-13-14-9-5-4-6-10-14/h4-6,9-10H,2,7,11-13H2,1H3/i12D2. The third kappa shape index (κ3) is 7.85. The molecular weight excluding hydrogens is 244 g/mol. The van der Waals surface area contributed by atoms with Gasteiger partial charge in [0.25, 0.3) is 0 Å². The van der Waals surface area contributed by atoms with Gasteiger partial charge >= 0.3 is 6.16 Å². The largest absolute Gasteiger partial charge is 0.508 e. The number of hydrogen-bond donors (Lipinski definition) is 0. The summed E-state index contributed by atoms with van der Waals surface area (Å²) in [6, 6.07) is 9.82. The normalized spacial score (nSPS) is 11.6. The lowest BCUT2D eigenvalue weighted by Crippen LogP contribution is -2.03. The molecular formula is C15H18O4. The summed E-state index contributed by atoms with van der Waals surface area (Å²) in [5.41, 5.74) is 1.10. The minimum absolute atomic E-state index is 0.457. The molecule has 0 aliphatic rings. The van der Waals surface area contributed by atoms with E-state index in [2.05, 4.69) is 21.3 Å². The highest BCUT2D eigenvalue weighted by molar-refractivity contribution is 5.59. The Balaban J connectivity index is 2.16. The molecule has 0 bridgehead atoms. The predicted octanol–water partition coefficient (Wildman–Crippen LogP) is 2.77. The molecule has 0 aliphatic carbocycles. The van der Waals surface area contributed by atoms with Gasteiger partial charge in [0.1, 0.15) is 0 Å². The van der Waals surface area contributed by atoms with Crippen LogP contribution in [0.2, 0.25) is 0 Å². The van der Waals surface area contributed by atoms with Crippen molar-refractivity contribution in [1.29, 1.82) is 0 Å². The first kappa shape index (κ1) is 12.1. The lowest BCUT2D eigenvalue weighted by Gasteiger charge is -2.02. The molecule has 1 aromatic rings. The number of carbonyl (C=O) groups is 1. The van der Waals surface area contributed by atoms with Gasteiger partial charge in [0.2, 0.25) is 0 Å². The Labute approximate surface area is 116 Å². The zero-order valence-corrected chi connectivity index (χ0v) is 10.8. The van der Waals surface area contributed by atoms with Crippen LogP contribution in [0.15, 0.2) is 30.3 Å². The van der Waals surface area contributed by atoms with Gasteiger partial charge in [-0.1, -0.05) is 42.2 Å². The molecule has 0 saturated carbocycles. The molecule has 0 heterocycles. The van der Waals surface area contributed by atoms with Crippen molar-refractivity contribution in [3.63, 3.8) is 0 Å². The molecule has 0 N–H and O–H groups in total. The zero-order chi connectivity index (χ0) is 15.6. The Kier molecular flexibility index (Phi) is 6.34. The molecule has 102 valence electrons. The van der Waals surface area contributed by atoms with Gasteiger partial charge in [0.05, 0.1) is 16.5 Å². The molecule has 4 nitrogen and oxygen atoms in total. The van der Waals surface area contributed by atoms with Crippen LogP contribution in [0.5, 0.6) is 0 Å². The second kappa shape index (κ2) is 9.98. The molecule has 0 amide bonds. The first-order valence-corrected chi connectivity index (χ1v) is 5.92. The summed E-state index contributed by atoms with van der Waals surface area (Å²) in [7, 11) is 1.11. The van der Waals surface area contributed by atoms with Crippen molar-refractivity contribution in [3.05, 3.63) is 35.9 Å². The fraction of sp³-hybridized carbons (Fsp3) is 0.400. The Morgan fingerprint density at radius 1 is 1.32 bits per heavy atom. The summed E-state index contributed by atoms with van der Waals surface area (Å²) in [5, 5.41) is 0. The van der Waals surface area contributed by atoms with Gasteiger partial charge in [-0.05, 0) is 12.0 Å². The van der Waals surface area contributed by atoms with Gasteiger partial charge in [-0.2, -0.15) is 0 Å². The molecule has 0 saturated heterocycles. The van der Waals surface area contributed by atoms with Crippen molar-refractivity contribution in [1.82, 2.24) is 0 Å². The fourth-order valence-corrected chi connectivity index (χ4v) is 1.23. The van der Waals surface area contributed by atoms with E-state index >= 15 is 0 Å². The van der Waals surface area contributed by atoms with Gasteiger partial charge in [0, 0.05) is 13.0 Å². The van der Waals surface area contributed by atoms with Crippen LogP contribution < -0.4 is 0 Å². The summed E-state index contributed by atoms with van der Waals surface area (Å²) >= 11 is 0. The zero-order valence-electron chi connectivity index (χ0n) is 12.8. The number of benzene rings is 1. The summed E-state index contributed by atoms with van der Waals surface area (Å²) in [6.45, 7) is -1.26. The molecule has 1 rings (SSSR count). The summed E-state index contributed by atoms with van der Waals surface area (Å²) < 4.78 is 28.7. The van der Waals surface area contributed by atoms with Crippen LogP contribution in [0.25, 0.3) is 0 Å². The van der Waals surface area contributed by atoms with Crippen molar-refractivity contribution >= 4 is 6.16 Å². The highest BCUT2D eigenvalue weighted by Gasteiger charge is 1.95. The second-order valence-electron chi connectivity index (χ2n) is 3.60. The molecule has 0 atom stereocenters. The molecule has 19 heavy (non-hydrogen) atoms. The van der Waals surface area contributed by atoms with Gasteiger partial charge in [-0.3, -0.25) is 0 Å². The third-order valence-corrected chi connectivity index (χ3v) is 2.14. The van der Waals surface area contributed by atoms with E-state index in [1.54, 1.807) is 0 Å². The molecule has 0 radical (unpaired) electrons. The maximum atomic E-state index is 10.8. The highest BCUT2D eigenvalue weighted by Crippen LogP contribution is 2.01. The van der Waals surface area contributed by atoms with E-state index in [0.29, 0.717) is 26.1 Å². The van der Waals surface area contributed by atoms with Crippen molar-refractivity contribution in [3.8, 4) is 11.8 Å². The van der Waals surface area contributed by atoms with Crippen LogP contribution in [0.3, 0.4) is 0 Å². The van der Waals surface area contributed by atoms with Crippen LogP contribution in [-0.4, -0.2) is 26.4 Å². The average molecular weight is 264 g/mol. The fourth-order valence-electron chi connectivity index (χ4n) is 1.23. The quantitative estimate of drug-likeness (QED) is 0.450. The molecule has 0 aromatic heterocycles. The van der Waals surface area contributed by atoms with Crippen molar-refractivity contribution in [2.75, 3.05) is 20.3 Å². The predicted molar refractivity (Wildman–Crippen MR) is 71.5 cm³/mol. The minimum atomic E-state index is -2.34. The Hall–Kier alpha value is -1.99. The molecule has 0 aliphatic heterocycles. The second-order valence-corrected chi connectivity index (χ2v) is 3.60. The van der Waals surface area contributed by atoms with E-state index in [0.717, 1.165) is 12.7 Å². The van der Waals surface area contributed by atoms with E-state index in [1.807, 2.05) is 30.3 Å². The lowest BCUT2D eigenvalue weighted by molar-refractivity contribution is 0.0832. The van der Waals surface area contributed by atoms with Crippen molar-refractivity contribution in [2.45, 2.75) is 19.4 Å². The first-order valence-electron chi connectivity index (χ1n) is 6.92. The number of methoxy groups -OCH3 is 1. The van der Waals surface area contributed by atoms with Crippen LogP contribution >= 0.6 is 0 Å². The molecule has 1 aromatic carbocycles.